The van der Waals surface area contributed by atoms with Crippen LogP contribution in [0.4, 0.5) is 0 Å². The summed E-state index contributed by atoms with van der Waals surface area (Å²) in [5, 5.41) is 1.66. The predicted molar refractivity (Wildman–Crippen MR) is 86.6 cm³/mol. The molecule has 1 aromatic heterocycles. The summed E-state index contributed by atoms with van der Waals surface area (Å²) in [6.45, 7) is 0. The number of hydrogen-bond acceptors (Lipinski definition) is 1. The molecular formula is C17H13Cl2N. The van der Waals surface area contributed by atoms with E-state index in [9.17, 15) is 0 Å². The average Bonchev–Trinajstić information content (AvgIpc) is 2.49. The molecule has 0 aliphatic rings. The minimum atomic E-state index is 0.527. The van der Waals surface area contributed by atoms with E-state index in [-0.39, 0.29) is 0 Å². The number of alkyl halides is 1. The van der Waals surface area contributed by atoms with E-state index in [2.05, 4.69) is 23.2 Å². The van der Waals surface area contributed by atoms with Crippen molar-refractivity contribution in [2.45, 2.75) is 6.42 Å². The van der Waals surface area contributed by atoms with Crippen molar-refractivity contribution < 1.29 is 0 Å². The lowest BCUT2D eigenvalue weighted by molar-refractivity contribution is 1.13. The summed E-state index contributed by atoms with van der Waals surface area (Å²) in [5.74, 6) is 0.527. The predicted octanol–water partition coefficient (Wildman–Crippen LogP) is 5.34. The van der Waals surface area contributed by atoms with Crippen LogP contribution in [0.2, 0.25) is 5.15 Å². The van der Waals surface area contributed by atoms with Gasteiger partial charge >= 0.3 is 0 Å². The van der Waals surface area contributed by atoms with Gasteiger partial charge in [-0.15, -0.1) is 11.6 Å². The fourth-order valence-corrected chi connectivity index (χ4v) is 2.95. The number of fused-ring (bicyclic) bond motifs is 1. The molecule has 100 valence electrons. The number of hydrogen-bond donors (Lipinski definition) is 0. The first-order valence-corrected chi connectivity index (χ1v) is 7.41. The first-order valence-electron chi connectivity index (χ1n) is 6.50. The van der Waals surface area contributed by atoms with Gasteiger partial charge in [-0.3, -0.25) is 0 Å². The van der Waals surface area contributed by atoms with E-state index in [1.54, 1.807) is 0 Å². The van der Waals surface area contributed by atoms with Crippen molar-refractivity contribution >= 4 is 34.1 Å². The SMILES string of the molecule is ClCCc1c(Cl)nc2ccccc2c1-c1ccccc1. The molecule has 0 spiro atoms. The first-order chi connectivity index (χ1) is 9.81. The van der Waals surface area contributed by atoms with E-state index in [0.717, 1.165) is 27.6 Å². The average molecular weight is 302 g/mol. The second kappa shape index (κ2) is 5.82. The third kappa shape index (κ3) is 2.39. The standard InChI is InChI=1S/C17H13Cl2N/c18-11-10-14-16(12-6-2-1-3-7-12)13-8-4-5-9-15(13)20-17(14)19/h1-9H,10-11H2. The monoisotopic (exact) mass is 301 g/mol. The van der Waals surface area contributed by atoms with Crippen LogP contribution in [0, 0.1) is 0 Å². The molecule has 0 N–H and O–H groups in total. The van der Waals surface area contributed by atoms with Gasteiger partial charge in [-0.25, -0.2) is 4.98 Å². The Bertz CT molecular complexity index is 739. The van der Waals surface area contributed by atoms with Gasteiger partial charge in [-0.05, 0) is 29.2 Å². The van der Waals surface area contributed by atoms with Crippen molar-refractivity contribution in [3.8, 4) is 11.1 Å². The van der Waals surface area contributed by atoms with Crippen LogP contribution in [0.3, 0.4) is 0 Å². The number of rotatable bonds is 3. The van der Waals surface area contributed by atoms with Crippen molar-refractivity contribution in [2.24, 2.45) is 0 Å². The topological polar surface area (TPSA) is 12.9 Å². The largest absolute Gasteiger partial charge is 0.236 e. The molecule has 0 aliphatic heterocycles. The Morgan fingerprint density at radius 1 is 0.900 bits per heavy atom. The van der Waals surface area contributed by atoms with Crippen molar-refractivity contribution in [2.75, 3.05) is 5.88 Å². The Balaban J connectivity index is 2.38. The molecule has 0 saturated heterocycles. The highest BCUT2D eigenvalue weighted by Crippen LogP contribution is 2.35. The summed E-state index contributed by atoms with van der Waals surface area (Å²) in [5.41, 5.74) is 4.22. The van der Waals surface area contributed by atoms with Crippen LogP contribution in [0.1, 0.15) is 5.56 Å². The number of nitrogens with zero attached hydrogens (tertiary/aromatic N) is 1. The van der Waals surface area contributed by atoms with Crippen LogP contribution in [0.15, 0.2) is 54.6 Å². The zero-order valence-corrected chi connectivity index (χ0v) is 12.3. The lowest BCUT2D eigenvalue weighted by atomic mass is 9.95. The Morgan fingerprint density at radius 3 is 2.35 bits per heavy atom. The molecule has 3 rings (SSSR count). The van der Waals surface area contributed by atoms with E-state index >= 15 is 0 Å². The quantitative estimate of drug-likeness (QED) is 0.470. The normalized spacial score (nSPS) is 10.9. The fourth-order valence-electron chi connectivity index (χ4n) is 2.48. The molecule has 3 heteroatoms. The Morgan fingerprint density at radius 2 is 1.60 bits per heavy atom. The molecule has 0 fully saturated rings. The molecule has 0 amide bonds. The molecule has 20 heavy (non-hydrogen) atoms. The van der Waals surface area contributed by atoms with Gasteiger partial charge in [0.2, 0.25) is 0 Å². The lowest BCUT2D eigenvalue weighted by Crippen LogP contribution is -1.97. The fraction of sp³-hybridized carbons (Fsp3) is 0.118. The minimum Gasteiger partial charge on any atom is -0.236 e. The zero-order valence-electron chi connectivity index (χ0n) is 10.8. The lowest BCUT2D eigenvalue weighted by Gasteiger charge is -2.14. The van der Waals surface area contributed by atoms with E-state index in [0.29, 0.717) is 17.5 Å². The summed E-state index contributed by atoms with van der Waals surface area (Å²) in [7, 11) is 0. The molecule has 0 saturated carbocycles. The van der Waals surface area contributed by atoms with Crippen LogP contribution in [-0.2, 0) is 6.42 Å². The van der Waals surface area contributed by atoms with Crippen molar-refractivity contribution in [3.05, 3.63) is 65.3 Å². The van der Waals surface area contributed by atoms with Gasteiger partial charge in [-0.2, -0.15) is 0 Å². The molecule has 2 aromatic carbocycles. The van der Waals surface area contributed by atoms with Gasteiger partial charge in [0.15, 0.2) is 0 Å². The van der Waals surface area contributed by atoms with Crippen LogP contribution in [0.25, 0.3) is 22.0 Å². The number of aromatic nitrogens is 1. The first kappa shape index (κ1) is 13.4. The molecule has 0 aliphatic carbocycles. The maximum atomic E-state index is 6.37. The smallest absolute Gasteiger partial charge is 0.133 e. The van der Waals surface area contributed by atoms with E-state index in [4.69, 9.17) is 23.2 Å². The maximum Gasteiger partial charge on any atom is 0.133 e. The summed E-state index contributed by atoms with van der Waals surface area (Å²) in [4.78, 5) is 4.49. The molecule has 1 heterocycles. The van der Waals surface area contributed by atoms with Crippen LogP contribution < -0.4 is 0 Å². The van der Waals surface area contributed by atoms with E-state index < -0.39 is 0 Å². The van der Waals surface area contributed by atoms with Gasteiger partial charge in [0.1, 0.15) is 5.15 Å². The molecule has 0 radical (unpaired) electrons. The van der Waals surface area contributed by atoms with Gasteiger partial charge in [-0.1, -0.05) is 60.1 Å². The van der Waals surface area contributed by atoms with Crippen LogP contribution >= 0.6 is 23.2 Å². The third-order valence-corrected chi connectivity index (χ3v) is 3.85. The third-order valence-electron chi connectivity index (χ3n) is 3.35. The number of benzene rings is 2. The second-order valence-electron chi connectivity index (χ2n) is 4.58. The number of halogens is 2. The summed E-state index contributed by atoms with van der Waals surface area (Å²) >= 11 is 12.3. The number of para-hydroxylation sites is 1. The van der Waals surface area contributed by atoms with E-state index in [1.165, 1.54) is 0 Å². The van der Waals surface area contributed by atoms with Crippen molar-refractivity contribution in [3.63, 3.8) is 0 Å². The molecule has 1 nitrogen and oxygen atoms in total. The molecular weight excluding hydrogens is 289 g/mol. The van der Waals surface area contributed by atoms with Crippen LogP contribution in [0.5, 0.6) is 0 Å². The van der Waals surface area contributed by atoms with Crippen molar-refractivity contribution in [1.82, 2.24) is 4.98 Å². The van der Waals surface area contributed by atoms with Gasteiger partial charge in [0, 0.05) is 11.3 Å². The summed E-state index contributed by atoms with van der Waals surface area (Å²) in [6, 6.07) is 18.3. The second-order valence-corrected chi connectivity index (χ2v) is 5.31. The highest BCUT2D eigenvalue weighted by Gasteiger charge is 2.14. The minimum absolute atomic E-state index is 0.527. The Hall–Kier alpha value is -1.57. The van der Waals surface area contributed by atoms with Gasteiger partial charge in [0.25, 0.3) is 0 Å². The molecule has 0 unspecified atom stereocenters. The van der Waals surface area contributed by atoms with Crippen LogP contribution in [-0.4, -0.2) is 10.9 Å². The van der Waals surface area contributed by atoms with Gasteiger partial charge < -0.3 is 0 Å². The van der Waals surface area contributed by atoms with Gasteiger partial charge in [0.05, 0.1) is 5.52 Å². The summed E-state index contributed by atoms with van der Waals surface area (Å²) in [6.07, 6.45) is 0.711. The van der Waals surface area contributed by atoms with E-state index in [1.807, 2.05) is 36.4 Å². The summed E-state index contributed by atoms with van der Waals surface area (Å²) < 4.78 is 0. The zero-order chi connectivity index (χ0) is 13.9. The molecule has 0 atom stereocenters. The highest BCUT2D eigenvalue weighted by molar-refractivity contribution is 6.31. The highest BCUT2D eigenvalue weighted by atomic mass is 35.5. The maximum absolute atomic E-state index is 6.37. The molecule has 3 aromatic rings. The Labute approximate surface area is 128 Å². The molecule has 0 bridgehead atoms. The Kier molecular flexibility index (Phi) is 3.90. The number of pyridine rings is 1. The van der Waals surface area contributed by atoms with Crippen molar-refractivity contribution in [1.29, 1.82) is 0 Å².